The molecule has 2 unspecified atom stereocenters. The van der Waals surface area contributed by atoms with Crippen LogP contribution < -0.4 is 10.6 Å². The smallest absolute Gasteiger partial charge is 0.173 e. The number of pyridine rings is 1. The molecule has 92 valence electrons. The highest BCUT2D eigenvalue weighted by Gasteiger charge is 2.31. The third kappa shape index (κ3) is 2.15. The second-order valence-electron chi connectivity index (χ2n) is 3.90. The van der Waals surface area contributed by atoms with Crippen LogP contribution in [0.15, 0.2) is 23.5 Å². The summed E-state index contributed by atoms with van der Waals surface area (Å²) < 4.78 is 0. The molecule has 1 aromatic rings. The van der Waals surface area contributed by atoms with Gasteiger partial charge < -0.3 is 26.1 Å². The number of amidine groups is 1. The number of β-amino-alcohol motifs (C(OH)–C–C–N with tert-alkyl or cyclic N) is 2. The first-order chi connectivity index (χ1) is 8.13. The van der Waals surface area contributed by atoms with Crippen LogP contribution in [0.3, 0.4) is 0 Å². The average molecular weight is 238 g/mol. The maximum Gasteiger partial charge on any atom is 0.173 e. The quantitative estimate of drug-likeness (QED) is 0.221. The molecule has 1 aliphatic rings. The van der Waals surface area contributed by atoms with E-state index in [-0.39, 0.29) is 18.9 Å². The molecule has 0 aromatic carbocycles. The van der Waals surface area contributed by atoms with E-state index in [1.54, 1.807) is 23.2 Å². The van der Waals surface area contributed by atoms with E-state index in [1.165, 1.54) is 0 Å². The van der Waals surface area contributed by atoms with Crippen LogP contribution in [0.25, 0.3) is 0 Å². The van der Waals surface area contributed by atoms with Crippen molar-refractivity contribution in [3.05, 3.63) is 23.9 Å². The van der Waals surface area contributed by atoms with Crippen LogP contribution in [0.5, 0.6) is 0 Å². The summed E-state index contributed by atoms with van der Waals surface area (Å²) in [5.41, 5.74) is 6.01. The van der Waals surface area contributed by atoms with Gasteiger partial charge in [0.05, 0.1) is 17.8 Å². The summed E-state index contributed by atoms with van der Waals surface area (Å²) in [4.78, 5) is 5.83. The zero-order valence-electron chi connectivity index (χ0n) is 9.06. The molecule has 17 heavy (non-hydrogen) atoms. The van der Waals surface area contributed by atoms with Crippen molar-refractivity contribution >= 4 is 11.7 Å². The molecule has 5 N–H and O–H groups in total. The van der Waals surface area contributed by atoms with E-state index in [2.05, 4.69) is 10.1 Å². The third-order valence-corrected chi connectivity index (χ3v) is 2.73. The first-order valence-corrected chi connectivity index (χ1v) is 5.17. The van der Waals surface area contributed by atoms with E-state index in [9.17, 15) is 10.2 Å². The molecule has 7 heteroatoms. The third-order valence-electron chi connectivity index (χ3n) is 2.73. The van der Waals surface area contributed by atoms with Gasteiger partial charge in [-0.15, -0.1) is 0 Å². The van der Waals surface area contributed by atoms with Crippen molar-refractivity contribution in [3.8, 4) is 0 Å². The lowest BCUT2D eigenvalue weighted by Crippen LogP contribution is -2.26. The summed E-state index contributed by atoms with van der Waals surface area (Å²) in [7, 11) is 0. The average Bonchev–Trinajstić information content (AvgIpc) is 2.68. The molecule has 1 saturated heterocycles. The van der Waals surface area contributed by atoms with Gasteiger partial charge >= 0.3 is 0 Å². The predicted octanol–water partition coefficient (Wildman–Crippen LogP) is -1.28. The summed E-state index contributed by atoms with van der Waals surface area (Å²) in [6, 6.07) is 3.33. The van der Waals surface area contributed by atoms with Crippen LogP contribution in [-0.2, 0) is 0 Å². The van der Waals surface area contributed by atoms with E-state index < -0.39 is 12.2 Å². The number of hydrogen-bond donors (Lipinski definition) is 4. The van der Waals surface area contributed by atoms with Gasteiger partial charge in [0.25, 0.3) is 0 Å². The Balaban J connectivity index is 2.33. The van der Waals surface area contributed by atoms with Gasteiger partial charge in [-0.25, -0.2) is 4.98 Å². The van der Waals surface area contributed by atoms with Gasteiger partial charge in [0.2, 0.25) is 0 Å². The fourth-order valence-electron chi connectivity index (χ4n) is 1.85. The molecule has 7 nitrogen and oxygen atoms in total. The van der Waals surface area contributed by atoms with Crippen LogP contribution >= 0.6 is 0 Å². The molecule has 1 aromatic heterocycles. The largest absolute Gasteiger partial charge is 0.409 e. The first-order valence-electron chi connectivity index (χ1n) is 5.17. The Bertz CT molecular complexity index is 427. The zero-order chi connectivity index (χ0) is 12.4. The molecule has 2 rings (SSSR count). The van der Waals surface area contributed by atoms with Gasteiger partial charge in [0, 0.05) is 19.3 Å². The molecule has 0 aliphatic carbocycles. The standard InChI is InChI=1S/C10H14N4O3/c11-9(13-17)6-2-1-3-12-10(6)14-4-7(15)8(16)5-14/h1-3,7-8,15-17H,4-5H2,(H2,11,13). The minimum atomic E-state index is -0.808. The summed E-state index contributed by atoms with van der Waals surface area (Å²) in [6.07, 6.45) is -0.0464. The fourth-order valence-corrected chi connectivity index (χ4v) is 1.85. The molecule has 1 fully saturated rings. The van der Waals surface area contributed by atoms with Gasteiger partial charge in [0.1, 0.15) is 5.82 Å². The van der Waals surface area contributed by atoms with Gasteiger partial charge in [0.15, 0.2) is 5.84 Å². The normalized spacial score (nSPS) is 25.3. The van der Waals surface area contributed by atoms with Crippen LogP contribution in [0.2, 0.25) is 0 Å². The Morgan fingerprint density at radius 2 is 2.06 bits per heavy atom. The highest BCUT2D eigenvalue weighted by molar-refractivity contribution is 6.01. The number of nitrogens with zero attached hydrogens (tertiary/aromatic N) is 3. The van der Waals surface area contributed by atoms with E-state index >= 15 is 0 Å². The second kappa shape index (κ2) is 4.56. The second-order valence-corrected chi connectivity index (χ2v) is 3.90. The Morgan fingerprint density at radius 1 is 1.41 bits per heavy atom. The number of hydrogen-bond acceptors (Lipinski definition) is 6. The summed E-state index contributed by atoms with van der Waals surface area (Å²) in [5.74, 6) is 0.433. The number of aromatic nitrogens is 1. The lowest BCUT2D eigenvalue weighted by Gasteiger charge is -2.19. The summed E-state index contributed by atoms with van der Waals surface area (Å²) in [6.45, 7) is 0.535. The molecular weight excluding hydrogens is 224 g/mol. The van der Waals surface area contributed by atoms with Crippen molar-refractivity contribution in [1.29, 1.82) is 0 Å². The first kappa shape index (κ1) is 11.6. The molecule has 1 aliphatic heterocycles. The number of nitrogens with two attached hydrogens (primary N) is 1. The monoisotopic (exact) mass is 238 g/mol. The summed E-state index contributed by atoms with van der Waals surface area (Å²) in [5, 5.41) is 30.6. The van der Waals surface area contributed by atoms with Crippen LogP contribution in [0.1, 0.15) is 5.56 Å². The fraction of sp³-hybridized carbons (Fsp3) is 0.400. The Kier molecular flexibility index (Phi) is 3.12. The van der Waals surface area contributed by atoms with E-state index in [0.29, 0.717) is 11.4 Å². The highest BCUT2D eigenvalue weighted by Crippen LogP contribution is 2.22. The Hall–Kier alpha value is -1.86. The van der Waals surface area contributed by atoms with Crippen LogP contribution in [0.4, 0.5) is 5.82 Å². The van der Waals surface area contributed by atoms with Crippen molar-refractivity contribution in [2.45, 2.75) is 12.2 Å². The minimum Gasteiger partial charge on any atom is -0.409 e. The van der Waals surface area contributed by atoms with Gasteiger partial charge in [-0.3, -0.25) is 0 Å². The van der Waals surface area contributed by atoms with Crippen molar-refractivity contribution < 1.29 is 15.4 Å². The molecule has 0 bridgehead atoms. The number of aliphatic hydroxyl groups is 2. The molecule has 0 amide bonds. The number of rotatable bonds is 2. The van der Waals surface area contributed by atoms with Crippen LogP contribution in [0, 0.1) is 0 Å². The van der Waals surface area contributed by atoms with Crippen molar-refractivity contribution in [2.24, 2.45) is 10.9 Å². The SMILES string of the molecule is N/C(=N/O)c1cccnc1N1CC(O)C(O)C1. The summed E-state index contributed by atoms with van der Waals surface area (Å²) >= 11 is 0. The number of anilines is 1. The molecule has 0 saturated carbocycles. The van der Waals surface area contributed by atoms with Crippen LogP contribution in [-0.4, -0.2) is 51.5 Å². The highest BCUT2D eigenvalue weighted by atomic mass is 16.4. The van der Waals surface area contributed by atoms with E-state index in [0.717, 1.165) is 0 Å². The van der Waals surface area contributed by atoms with Crippen molar-refractivity contribution in [3.63, 3.8) is 0 Å². The van der Waals surface area contributed by atoms with Crippen molar-refractivity contribution in [2.75, 3.05) is 18.0 Å². The maximum absolute atomic E-state index is 9.49. The maximum atomic E-state index is 9.49. The van der Waals surface area contributed by atoms with Gasteiger partial charge in [-0.2, -0.15) is 0 Å². The van der Waals surface area contributed by atoms with Gasteiger partial charge in [-0.05, 0) is 12.1 Å². The van der Waals surface area contributed by atoms with E-state index in [4.69, 9.17) is 10.9 Å². The topological polar surface area (TPSA) is 115 Å². The Morgan fingerprint density at radius 3 is 2.65 bits per heavy atom. The van der Waals surface area contributed by atoms with E-state index in [1.807, 2.05) is 0 Å². The number of aliphatic hydroxyl groups excluding tert-OH is 2. The predicted molar refractivity (Wildman–Crippen MR) is 61.0 cm³/mol. The molecule has 0 radical (unpaired) electrons. The molecular formula is C10H14N4O3. The minimum absolute atomic E-state index is 0.0519. The molecule has 0 spiro atoms. The molecule has 2 atom stereocenters. The zero-order valence-corrected chi connectivity index (χ0v) is 9.06. The van der Waals surface area contributed by atoms with Gasteiger partial charge in [-0.1, -0.05) is 5.16 Å². The number of oxime groups is 1. The Labute approximate surface area is 97.8 Å². The molecule has 2 heterocycles. The van der Waals surface area contributed by atoms with Crippen molar-refractivity contribution in [1.82, 2.24) is 4.98 Å². The lowest BCUT2D eigenvalue weighted by atomic mass is 10.2. The lowest BCUT2D eigenvalue weighted by molar-refractivity contribution is 0.0572.